The molecule has 5 aliphatic carbocycles. The van der Waals surface area contributed by atoms with Gasteiger partial charge in [0, 0.05) is 93.3 Å². The molecule has 22 rings (SSSR count). The van der Waals surface area contributed by atoms with Gasteiger partial charge < -0.3 is 18.3 Å². The predicted molar refractivity (Wildman–Crippen MR) is 484 cm³/mol. The monoisotopic (exact) mass is 1490 g/mol. The van der Waals surface area contributed by atoms with Crippen LogP contribution in [0, 0.1) is 0 Å². The van der Waals surface area contributed by atoms with E-state index in [-0.39, 0.29) is 16.2 Å². The fourth-order valence-corrected chi connectivity index (χ4v) is 22.9. The summed E-state index contributed by atoms with van der Waals surface area (Å²) in [5.41, 5.74) is 41.1. The van der Waals surface area contributed by atoms with Crippen molar-refractivity contribution < 1.29 is 8.83 Å². The van der Waals surface area contributed by atoms with Crippen molar-refractivity contribution >= 4 is 82.7 Å². The minimum Gasteiger partial charge on any atom is -0.455 e. The van der Waals surface area contributed by atoms with Gasteiger partial charge in [0.05, 0.1) is 11.0 Å². The molecule has 564 valence electrons. The zero-order chi connectivity index (χ0) is 77.8. The number of nitrogens with zero attached hydrogens (tertiary/aromatic N) is 2. The average Bonchev–Trinajstić information content (AvgIpc) is 1.50. The van der Waals surface area contributed by atoms with Crippen molar-refractivity contribution in [2.24, 2.45) is 0 Å². The first-order chi connectivity index (χ1) is 56.0. The van der Waals surface area contributed by atoms with Gasteiger partial charge in [0.25, 0.3) is 0 Å². The van der Waals surface area contributed by atoms with Gasteiger partial charge in [-0.3, -0.25) is 0 Å². The van der Waals surface area contributed by atoms with Crippen LogP contribution in [0.1, 0.15) is 202 Å². The van der Waals surface area contributed by atoms with Crippen LogP contribution in [-0.4, -0.2) is 4.57 Å². The summed E-state index contributed by atoms with van der Waals surface area (Å²) in [5, 5.41) is 7.12. The first-order valence-electron chi connectivity index (χ1n) is 42.8. The van der Waals surface area contributed by atoms with Crippen molar-refractivity contribution in [2.45, 2.75) is 173 Å². The van der Waals surface area contributed by atoms with Gasteiger partial charge in [0.2, 0.25) is 0 Å². The van der Waals surface area contributed by atoms with E-state index in [0.29, 0.717) is 0 Å². The van der Waals surface area contributed by atoms with Crippen LogP contribution in [0.5, 0.6) is 0 Å². The van der Waals surface area contributed by atoms with Crippen LogP contribution in [0.4, 0.5) is 17.1 Å². The van der Waals surface area contributed by atoms with E-state index < -0.39 is 10.8 Å². The lowest BCUT2D eigenvalue weighted by atomic mass is 9.70. The summed E-state index contributed by atoms with van der Waals surface area (Å²) in [7, 11) is 0. The molecule has 4 heteroatoms. The number of hydrogen-bond acceptors (Lipinski definition) is 3. The second kappa shape index (κ2) is 25.6. The van der Waals surface area contributed by atoms with Crippen molar-refractivity contribution in [2.75, 3.05) is 4.90 Å². The maximum Gasteiger partial charge on any atom is 0.144 e. The maximum atomic E-state index is 7.31. The number of rotatable bonds is 18. The van der Waals surface area contributed by atoms with Crippen molar-refractivity contribution in [3.05, 3.63) is 323 Å². The highest BCUT2D eigenvalue weighted by Gasteiger charge is 2.50. The molecule has 4 nitrogen and oxygen atoms in total. The van der Waals surface area contributed by atoms with Crippen LogP contribution in [0.2, 0.25) is 0 Å². The minimum atomic E-state index is -0.434. The van der Waals surface area contributed by atoms with Gasteiger partial charge >= 0.3 is 0 Å². The summed E-state index contributed by atoms with van der Waals surface area (Å²) in [4.78, 5) is 2.55. The SMILES string of the molecule is CCCCCCCC1(CCCCCCC)c2ccccc2-c2ccc(-c3ccc4c(c3)C(C)(C)c3cc(-c5cc6c(c7c5oc5ccccc57)-c5ccc(N(c7ccc8c(c7)C(C)(C)c7c9c(c%10c(oc%11ccccc%11%10)c7-8)-c7ccccc7C9(C)C)c7ccc8c(c7)c7ccccc7n8-c7ccccc7)cc5C6(C)C)ccc3-4)cc21. The second-order valence-corrected chi connectivity index (χ2v) is 36.4. The number of unbranched alkanes of at least 4 members (excludes halogenated alkanes) is 8. The molecule has 0 bridgehead atoms. The van der Waals surface area contributed by atoms with Crippen LogP contribution < -0.4 is 4.90 Å². The maximum absolute atomic E-state index is 7.31. The van der Waals surface area contributed by atoms with Gasteiger partial charge in [0.1, 0.15) is 22.3 Å². The highest BCUT2D eigenvalue weighted by Crippen LogP contribution is 2.65. The van der Waals surface area contributed by atoms with Gasteiger partial charge in [-0.15, -0.1) is 0 Å². The number of aromatic nitrogens is 1. The molecule has 0 radical (unpaired) electrons. The zero-order valence-corrected chi connectivity index (χ0v) is 68.1. The van der Waals surface area contributed by atoms with E-state index in [1.54, 1.807) is 11.1 Å². The molecule has 0 saturated heterocycles. The normalized spacial score (nSPS) is 15.5. The lowest BCUT2D eigenvalue weighted by Crippen LogP contribution is -2.25. The van der Waals surface area contributed by atoms with E-state index in [2.05, 4.69) is 346 Å². The molecule has 3 aromatic heterocycles. The standard InChI is InChI=1S/C111H98N2O2/c1-11-13-15-17-32-58-111(59-33-18-16-14-12-2)87-42-28-22-36-74(87)77-53-47-68(61-92(77)111)67-46-52-75-76-54-48-69(62-89(76)107(3,4)88(75)60-67)84-66-93-98(100-82-39-25-30-44-96(82)114-105(84)100)80-55-49-72(64-90(80)108(93,5)6)112(71-51-57-95-85(63-71)78-37-24-29-43-94(78)113(95)70-34-20-19-21-35-70)73-50-56-81-91(65-73)110(9,10)104-102(81)106-101(83-40-26-31-45-97(83)115-106)99-79-38-23-27-41-86(79)109(7,8)103(99)104/h19-31,34-57,60-66H,11-18,32-33,58-59H2,1-10H3. The van der Waals surface area contributed by atoms with Gasteiger partial charge in [-0.2, -0.15) is 0 Å². The molecule has 5 aliphatic rings. The molecule has 0 spiro atoms. The third-order valence-electron chi connectivity index (χ3n) is 28.6. The summed E-state index contributed by atoms with van der Waals surface area (Å²) < 4.78 is 17.0. The molecule has 17 aromatic rings. The number of furan rings is 2. The van der Waals surface area contributed by atoms with Crippen LogP contribution >= 0.6 is 0 Å². The van der Waals surface area contributed by atoms with E-state index in [4.69, 9.17) is 8.83 Å². The first kappa shape index (κ1) is 70.0. The van der Waals surface area contributed by atoms with Crippen molar-refractivity contribution in [1.29, 1.82) is 0 Å². The van der Waals surface area contributed by atoms with Crippen molar-refractivity contribution in [1.82, 2.24) is 4.57 Å². The fourth-order valence-electron chi connectivity index (χ4n) is 22.9. The molecule has 0 N–H and O–H groups in total. The van der Waals surface area contributed by atoms with E-state index in [0.717, 1.165) is 56.0 Å². The van der Waals surface area contributed by atoms with Crippen LogP contribution in [0.15, 0.2) is 276 Å². The molecule has 0 amide bonds. The largest absolute Gasteiger partial charge is 0.455 e. The van der Waals surface area contributed by atoms with E-state index in [1.165, 1.54) is 232 Å². The van der Waals surface area contributed by atoms with Gasteiger partial charge in [-0.25, -0.2) is 0 Å². The van der Waals surface area contributed by atoms with Gasteiger partial charge in [-0.1, -0.05) is 303 Å². The van der Waals surface area contributed by atoms with E-state index >= 15 is 0 Å². The van der Waals surface area contributed by atoms with Crippen LogP contribution in [0.3, 0.4) is 0 Å². The Hall–Kier alpha value is -11.7. The third kappa shape index (κ3) is 9.96. The van der Waals surface area contributed by atoms with Crippen molar-refractivity contribution in [3.8, 4) is 83.6 Å². The lowest BCUT2D eigenvalue weighted by Gasteiger charge is -2.33. The molecule has 3 heterocycles. The number of fused-ring (bicyclic) bond motifs is 28. The average molecular weight is 1490 g/mol. The molecule has 14 aromatic carbocycles. The quantitative estimate of drug-likeness (QED) is 0.0803. The Morgan fingerprint density at radius 1 is 0.287 bits per heavy atom. The summed E-state index contributed by atoms with van der Waals surface area (Å²) in [6.45, 7) is 24.3. The highest BCUT2D eigenvalue weighted by molar-refractivity contribution is 6.22. The Morgan fingerprint density at radius 3 is 1.40 bits per heavy atom. The zero-order valence-electron chi connectivity index (χ0n) is 68.1. The Morgan fingerprint density at radius 2 is 0.730 bits per heavy atom. The molecule has 0 fully saturated rings. The predicted octanol–water partition coefficient (Wildman–Crippen LogP) is 31.6. The lowest BCUT2D eigenvalue weighted by molar-refractivity contribution is 0.399. The third-order valence-corrected chi connectivity index (χ3v) is 28.6. The van der Waals surface area contributed by atoms with E-state index in [1.807, 2.05) is 0 Å². The topological polar surface area (TPSA) is 34.5 Å². The summed E-state index contributed by atoms with van der Waals surface area (Å²) in [6.07, 6.45) is 15.4. The molecule has 0 atom stereocenters. The van der Waals surface area contributed by atoms with Gasteiger partial charge in [0.15, 0.2) is 0 Å². The molecule has 0 unspecified atom stereocenters. The number of anilines is 3. The van der Waals surface area contributed by atoms with Gasteiger partial charge in [-0.05, 0) is 232 Å². The summed E-state index contributed by atoms with van der Waals surface area (Å²) in [6, 6.07) is 102. The Labute approximate surface area is 676 Å². The number of benzene rings is 14. The Kier molecular flexibility index (Phi) is 15.6. The summed E-state index contributed by atoms with van der Waals surface area (Å²) >= 11 is 0. The molecule has 0 saturated carbocycles. The smallest absolute Gasteiger partial charge is 0.144 e. The Bertz CT molecular complexity index is 6940. The van der Waals surface area contributed by atoms with E-state index in [9.17, 15) is 0 Å². The minimum absolute atomic E-state index is 0.0217. The van der Waals surface area contributed by atoms with Crippen LogP contribution in [-0.2, 0) is 27.1 Å². The van der Waals surface area contributed by atoms with Crippen LogP contribution in [0.25, 0.3) is 149 Å². The second-order valence-electron chi connectivity index (χ2n) is 36.4. The van der Waals surface area contributed by atoms with Crippen molar-refractivity contribution in [3.63, 3.8) is 0 Å². The summed E-state index contributed by atoms with van der Waals surface area (Å²) in [5.74, 6) is 0. The molecular formula is C111H98N2O2. The highest BCUT2D eigenvalue weighted by atomic mass is 16.3. The molecule has 0 aliphatic heterocycles. The first-order valence-corrected chi connectivity index (χ1v) is 42.8. The number of para-hydroxylation sites is 4. The molecular weight excluding hydrogens is 1390 g/mol. The number of hydrogen-bond donors (Lipinski definition) is 0. The fraction of sp³-hybridized carbons (Fsp3) is 0.243. The Balaban J connectivity index is 0.669. The molecule has 115 heavy (non-hydrogen) atoms.